The van der Waals surface area contributed by atoms with E-state index in [0.717, 1.165) is 17.9 Å². The van der Waals surface area contributed by atoms with E-state index in [1.165, 1.54) is 5.56 Å². The lowest BCUT2D eigenvalue weighted by atomic mass is 10.2. The van der Waals surface area contributed by atoms with E-state index in [4.69, 9.17) is 4.42 Å². The predicted octanol–water partition coefficient (Wildman–Crippen LogP) is 1.93. The number of carbonyl (C=O) groups is 1. The highest BCUT2D eigenvalue weighted by molar-refractivity contribution is 5.77. The third-order valence-corrected chi connectivity index (χ3v) is 3.53. The van der Waals surface area contributed by atoms with Gasteiger partial charge in [0.15, 0.2) is 0 Å². The van der Waals surface area contributed by atoms with E-state index in [2.05, 4.69) is 27.9 Å². The Balaban J connectivity index is 1.38. The molecule has 24 heavy (non-hydrogen) atoms. The van der Waals surface area contributed by atoms with Gasteiger partial charge in [-0.2, -0.15) is 5.10 Å². The second-order valence-corrected chi connectivity index (χ2v) is 5.49. The summed E-state index contributed by atoms with van der Waals surface area (Å²) >= 11 is 0. The van der Waals surface area contributed by atoms with Crippen molar-refractivity contribution in [2.75, 3.05) is 6.54 Å². The second-order valence-electron chi connectivity index (χ2n) is 5.49. The van der Waals surface area contributed by atoms with Gasteiger partial charge in [0.2, 0.25) is 5.91 Å². The van der Waals surface area contributed by atoms with Crippen LogP contribution in [0.1, 0.15) is 16.9 Å². The van der Waals surface area contributed by atoms with Crippen LogP contribution < -0.4 is 10.6 Å². The third-order valence-electron chi connectivity index (χ3n) is 3.53. The van der Waals surface area contributed by atoms with Crippen LogP contribution in [-0.2, 0) is 24.4 Å². The van der Waals surface area contributed by atoms with Gasteiger partial charge in [0, 0.05) is 18.3 Å². The molecule has 0 radical (unpaired) electrons. The van der Waals surface area contributed by atoms with Gasteiger partial charge >= 0.3 is 0 Å². The van der Waals surface area contributed by atoms with Crippen molar-refractivity contribution in [2.45, 2.75) is 19.6 Å². The molecular weight excluding hydrogens is 304 g/mol. The molecule has 3 rings (SSSR count). The Morgan fingerprint density at radius 2 is 1.96 bits per heavy atom. The summed E-state index contributed by atoms with van der Waals surface area (Å²) in [5.74, 6) is 0.675. The molecule has 1 amide bonds. The monoisotopic (exact) mass is 324 g/mol. The third kappa shape index (κ3) is 4.82. The maximum atomic E-state index is 11.7. The molecule has 0 aliphatic carbocycles. The smallest absolute Gasteiger partial charge is 0.234 e. The average Bonchev–Trinajstić information content (AvgIpc) is 3.26. The van der Waals surface area contributed by atoms with Crippen LogP contribution in [0.3, 0.4) is 0 Å². The lowest BCUT2D eigenvalue weighted by molar-refractivity contribution is -0.120. The summed E-state index contributed by atoms with van der Waals surface area (Å²) in [7, 11) is 0. The second kappa shape index (κ2) is 8.12. The van der Waals surface area contributed by atoms with Crippen LogP contribution >= 0.6 is 0 Å². The summed E-state index contributed by atoms with van der Waals surface area (Å²) in [6.07, 6.45) is 5.39. The molecule has 0 saturated carbocycles. The first-order valence-corrected chi connectivity index (χ1v) is 7.84. The van der Waals surface area contributed by atoms with Gasteiger partial charge in [0.25, 0.3) is 0 Å². The molecule has 6 nitrogen and oxygen atoms in total. The molecule has 3 aromatic rings. The maximum Gasteiger partial charge on any atom is 0.234 e. The number of benzene rings is 1. The highest BCUT2D eigenvalue weighted by atomic mass is 16.3. The van der Waals surface area contributed by atoms with Crippen molar-refractivity contribution in [3.63, 3.8) is 0 Å². The van der Waals surface area contributed by atoms with Gasteiger partial charge in [-0.25, -0.2) is 0 Å². The number of hydrogen-bond acceptors (Lipinski definition) is 4. The van der Waals surface area contributed by atoms with Gasteiger partial charge < -0.3 is 15.1 Å². The topological polar surface area (TPSA) is 72.1 Å². The fourth-order valence-electron chi connectivity index (χ4n) is 2.34. The number of amides is 1. The highest BCUT2D eigenvalue weighted by Gasteiger charge is 2.04. The lowest BCUT2D eigenvalue weighted by Crippen LogP contribution is -2.33. The largest absolute Gasteiger partial charge is 0.467 e. The molecule has 1 aromatic carbocycles. The van der Waals surface area contributed by atoms with Crippen LogP contribution in [0.2, 0.25) is 0 Å². The molecule has 0 bridgehead atoms. The Hall–Kier alpha value is -2.86. The van der Waals surface area contributed by atoms with Crippen molar-refractivity contribution in [3.05, 3.63) is 78.0 Å². The van der Waals surface area contributed by atoms with Crippen molar-refractivity contribution in [3.8, 4) is 0 Å². The van der Waals surface area contributed by atoms with Crippen LogP contribution in [0.5, 0.6) is 0 Å². The SMILES string of the molecule is O=C(CNCc1cnn(Cc2ccccc2)c1)NCc1ccco1. The zero-order valence-corrected chi connectivity index (χ0v) is 13.3. The van der Waals surface area contributed by atoms with E-state index in [1.807, 2.05) is 41.3 Å². The minimum Gasteiger partial charge on any atom is -0.467 e. The molecule has 124 valence electrons. The minimum absolute atomic E-state index is 0.0666. The van der Waals surface area contributed by atoms with E-state index >= 15 is 0 Å². The fourth-order valence-corrected chi connectivity index (χ4v) is 2.34. The summed E-state index contributed by atoms with van der Waals surface area (Å²) in [5, 5.41) is 10.2. The number of carbonyl (C=O) groups excluding carboxylic acids is 1. The van der Waals surface area contributed by atoms with Gasteiger partial charge in [-0.15, -0.1) is 0 Å². The summed E-state index contributed by atoms with van der Waals surface area (Å²) in [5.41, 5.74) is 2.25. The van der Waals surface area contributed by atoms with Gasteiger partial charge in [0.1, 0.15) is 5.76 Å². The van der Waals surface area contributed by atoms with Crippen molar-refractivity contribution in [2.24, 2.45) is 0 Å². The summed E-state index contributed by atoms with van der Waals surface area (Å²) < 4.78 is 7.06. The summed E-state index contributed by atoms with van der Waals surface area (Å²) in [6.45, 7) is 2.00. The van der Waals surface area contributed by atoms with Crippen LogP contribution in [0, 0.1) is 0 Å². The van der Waals surface area contributed by atoms with E-state index < -0.39 is 0 Å². The van der Waals surface area contributed by atoms with Gasteiger partial charge in [-0.1, -0.05) is 30.3 Å². The zero-order valence-electron chi connectivity index (χ0n) is 13.3. The van der Waals surface area contributed by atoms with Gasteiger partial charge in [-0.05, 0) is 17.7 Å². The van der Waals surface area contributed by atoms with E-state index in [-0.39, 0.29) is 12.5 Å². The molecule has 2 N–H and O–H groups in total. The summed E-state index contributed by atoms with van der Waals surface area (Å²) in [6, 6.07) is 13.8. The zero-order chi connectivity index (χ0) is 16.6. The standard InChI is InChI=1S/C18H20N4O2/c23-18(20-11-17-7-4-8-24-17)12-19-9-16-10-21-22(14-16)13-15-5-2-1-3-6-15/h1-8,10,14,19H,9,11-13H2,(H,20,23). The Labute approximate surface area is 140 Å². The highest BCUT2D eigenvalue weighted by Crippen LogP contribution is 2.04. The molecule has 6 heteroatoms. The maximum absolute atomic E-state index is 11.7. The quantitative estimate of drug-likeness (QED) is 0.664. The number of furan rings is 1. The van der Waals surface area contributed by atoms with E-state index in [1.54, 1.807) is 12.3 Å². The normalized spacial score (nSPS) is 10.7. The molecule has 0 aliphatic rings. The van der Waals surface area contributed by atoms with Crippen molar-refractivity contribution < 1.29 is 9.21 Å². The molecule has 2 heterocycles. The summed E-state index contributed by atoms with van der Waals surface area (Å²) in [4.78, 5) is 11.7. The van der Waals surface area contributed by atoms with Crippen LogP contribution in [0.25, 0.3) is 0 Å². The Morgan fingerprint density at radius 3 is 2.75 bits per heavy atom. The molecule has 0 spiro atoms. The first-order valence-electron chi connectivity index (χ1n) is 7.84. The number of aromatic nitrogens is 2. The van der Waals surface area contributed by atoms with Crippen molar-refractivity contribution in [1.82, 2.24) is 20.4 Å². The average molecular weight is 324 g/mol. The van der Waals surface area contributed by atoms with Crippen molar-refractivity contribution in [1.29, 1.82) is 0 Å². The van der Waals surface area contributed by atoms with Crippen LogP contribution in [0.15, 0.2) is 65.5 Å². The van der Waals surface area contributed by atoms with Crippen molar-refractivity contribution >= 4 is 5.91 Å². The minimum atomic E-state index is -0.0666. The Bertz CT molecular complexity index is 750. The predicted molar refractivity (Wildman–Crippen MR) is 90.0 cm³/mol. The fraction of sp³-hybridized carbons (Fsp3) is 0.222. The molecule has 2 aromatic heterocycles. The number of hydrogen-bond donors (Lipinski definition) is 2. The van der Waals surface area contributed by atoms with E-state index in [9.17, 15) is 4.79 Å². The van der Waals surface area contributed by atoms with Crippen LogP contribution in [0.4, 0.5) is 0 Å². The molecule has 0 fully saturated rings. The Kier molecular flexibility index (Phi) is 5.42. The molecule has 0 saturated heterocycles. The first-order chi connectivity index (χ1) is 11.8. The van der Waals surface area contributed by atoms with Gasteiger partial charge in [0.05, 0.1) is 32.1 Å². The molecule has 0 atom stereocenters. The first kappa shape index (κ1) is 16.0. The molecular formula is C18H20N4O2. The number of nitrogens with zero attached hydrogens (tertiary/aromatic N) is 2. The Morgan fingerprint density at radius 1 is 1.08 bits per heavy atom. The lowest BCUT2D eigenvalue weighted by Gasteiger charge is -2.04. The van der Waals surface area contributed by atoms with E-state index in [0.29, 0.717) is 13.1 Å². The number of nitrogens with one attached hydrogen (secondary N) is 2. The number of rotatable bonds is 8. The van der Waals surface area contributed by atoms with Crippen LogP contribution in [-0.4, -0.2) is 22.2 Å². The molecule has 0 aliphatic heterocycles. The van der Waals surface area contributed by atoms with Gasteiger partial charge in [-0.3, -0.25) is 9.48 Å². The molecule has 0 unspecified atom stereocenters.